The lowest BCUT2D eigenvalue weighted by Crippen LogP contribution is -2.18. The Labute approximate surface area is 104 Å². The molecule has 6 heteroatoms. The highest BCUT2D eigenvalue weighted by atomic mass is 16.3. The summed E-state index contributed by atoms with van der Waals surface area (Å²) in [5.74, 6) is 0.513. The molecule has 2 N–H and O–H groups in total. The zero-order chi connectivity index (χ0) is 13.1. The van der Waals surface area contributed by atoms with Gasteiger partial charge in [0.05, 0.1) is 11.8 Å². The van der Waals surface area contributed by atoms with Crippen LogP contribution in [0, 0.1) is 6.92 Å². The van der Waals surface area contributed by atoms with Gasteiger partial charge in [0.15, 0.2) is 0 Å². The number of rotatable bonds is 4. The summed E-state index contributed by atoms with van der Waals surface area (Å²) < 4.78 is 1.77. The molecule has 0 unspecified atom stereocenters. The van der Waals surface area contributed by atoms with Crippen LogP contribution in [0.5, 0.6) is 0 Å². The monoisotopic (exact) mass is 248 g/mol. The maximum absolute atomic E-state index is 11.9. The normalized spacial score (nSPS) is 10.8. The van der Waals surface area contributed by atoms with Gasteiger partial charge in [0, 0.05) is 37.0 Å². The predicted octanol–water partition coefficient (Wildman–Crippen LogP) is 0.497. The molecule has 0 aliphatic heterocycles. The minimum atomic E-state index is -0.198. The van der Waals surface area contributed by atoms with E-state index in [1.807, 2.05) is 13.1 Å². The lowest BCUT2D eigenvalue weighted by atomic mass is 10.2. The van der Waals surface area contributed by atoms with Crippen molar-refractivity contribution in [2.75, 3.05) is 6.61 Å². The van der Waals surface area contributed by atoms with Gasteiger partial charge in [-0.05, 0) is 13.8 Å². The Bertz CT molecular complexity index is 600. The van der Waals surface area contributed by atoms with Crippen LogP contribution in [0.1, 0.15) is 18.2 Å². The van der Waals surface area contributed by atoms with E-state index < -0.39 is 0 Å². The number of aromatic amines is 1. The number of nitrogens with zero attached hydrogens (tertiary/aromatic N) is 3. The van der Waals surface area contributed by atoms with Crippen LogP contribution >= 0.6 is 0 Å². The summed E-state index contributed by atoms with van der Waals surface area (Å²) >= 11 is 0. The third-order valence-corrected chi connectivity index (χ3v) is 2.81. The van der Waals surface area contributed by atoms with E-state index in [2.05, 4.69) is 15.1 Å². The number of H-pyrrole nitrogens is 1. The third kappa shape index (κ3) is 2.33. The first-order valence-electron chi connectivity index (χ1n) is 5.89. The van der Waals surface area contributed by atoms with Gasteiger partial charge in [0.2, 0.25) is 0 Å². The molecule has 0 saturated carbocycles. The number of aryl methyl sites for hydroxylation is 2. The van der Waals surface area contributed by atoms with Gasteiger partial charge in [0.25, 0.3) is 5.56 Å². The molecular weight excluding hydrogens is 232 g/mol. The lowest BCUT2D eigenvalue weighted by molar-refractivity contribution is 0.298. The van der Waals surface area contributed by atoms with Crippen molar-refractivity contribution < 1.29 is 5.11 Å². The van der Waals surface area contributed by atoms with E-state index in [4.69, 9.17) is 5.11 Å². The molecule has 96 valence electrons. The Hall–Kier alpha value is -1.95. The van der Waals surface area contributed by atoms with Gasteiger partial charge in [-0.25, -0.2) is 4.98 Å². The second-order valence-corrected chi connectivity index (χ2v) is 4.04. The summed E-state index contributed by atoms with van der Waals surface area (Å²) in [5.41, 5.74) is 1.76. The molecule has 0 saturated heterocycles. The van der Waals surface area contributed by atoms with E-state index in [1.165, 1.54) is 0 Å². The first-order chi connectivity index (χ1) is 8.65. The molecule has 18 heavy (non-hydrogen) atoms. The van der Waals surface area contributed by atoms with Gasteiger partial charge in [-0.2, -0.15) is 5.10 Å². The van der Waals surface area contributed by atoms with Crippen molar-refractivity contribution in [1.29, 1.82) is 0 Å². The minimum absolute atomic E-state index is 0.0568. The van der Waals surface area contributed by atoms with Crippen LogP contribution in [0.4, 0.5) is 0 Å². The Morgan fingerprint density at radius 3 is 2.83 bits per heavy atom. The molecule has 0 atom stereocenters. The van der Waals surface area contributed by atoms with Gasteiger partial charge in [0.1, 0.15) is 5.82 Å². The lowest BCUT2D eigenvalue weighted by Gasteiger charge is -2.04. The smallest absolute Gasteiger partial charge is 0.254 e. The molecule has 0 bridgehead atoms. The van der Waals surface area contributed by atoms with E-state index in [0.29, 0.717) is 23.5 Å². The fourth-order valence-corrected chi connectivity index (χ4v) is 1.81. The fraction of sp³-hybridized carbons (Fsp3) is 0.417. The number of aliphatic hydroxyl groups excluding tert-OH is 1. The van der Waals surface area contributed by atoms with Crippen LogP contribution < -0.4 is 5.56 Å². The number of hydrogen-bond donors (Lipinski definition) is 2. The third-order valence-electron chi connectivity index (χ3n) is 2.81. The largest absolute Gasteiger partial charge is 0.396 e. The maximum atomic E-state index is 11.9. The van der Waals surface area contributed by atoms with Crippen LogP contribution in [0.3, 0.4) is 0 Å². The summed E-state index contributed by atoms with van der Waals surface area (Å²) in [6.07, 6.45) is 3.83. The van der Waals surface area contributed by atoms with Gasteiger partial charge >= 0.3 is 0 Å². The van der Waals surface area contributed by atoms with E-state index in [0.717, 1.165) is 12.1 Å². The highest BCUT2D eigenvalue weighted by Gasteiger charge is 2.10. The van der Waals surface area contributed by atoms with Gasteiger partial charge in [-0.3, -0.25) is 9.48 Å². The Kier molecular flexibility index (Phi) is 3.57. The van der Waals surface area contributed by atoms with Crippen molar-refractivity contribution in [1.82, 2.24) is 19.7 Å². The van der Waals surface area contributed by atoms with E-state index >= 15 is 0 Å². The number of aliphatic hydroxyl groups is 1. The number of hydrogen-bond acceptors (Lipinski definition) is 4. The van der Waals surface area contributed by atoms with Crippen molar-refractivity contribution in [2.45, 2.75) is 26.8 Å². The molecule has 0 aliphatic rings. The molecule has 0 spiro atoms. The quantitative estimate of drug-likeness (QED) is 0.825. The summed E-state index contributed by atoms with van der Waals surface area (Å²) in [5, 5.41) is 13.0. The number of nitrogens with one attached hydrogen (secondary N) is 1. The first-order valence-corrected chi connectivity index (χ1v) is 5.89. The Morgan fingerprint density at radius 2 is 2.28 bits per heavy atom. The second kappa shape index (κ2) is 5.14. The summed E-state index contributed by atoms with van der Waals surface area (Å²) in [7, 11) is 0. The van der Waals surface area contributed by atoms with Crippen LogP contribution in [0.15, 0.2) is 17.2 Å². The molecule has 0 radical (unpaired) electrons. The van der Waals surface area contributed by atoms with E-state index in [-0.39, 0.29) is 12.2 Å². The summed E-state index contributed by atoms with van der Waals surface area (Å²) in [6.45, 7) is 4.47. The minimum Gasteiger partial charge on any atom is -0.396 e. The van der Waals surface area contributed by atoms with E-state index in [9.17, 15) is 4.79 Å². The van der Waals surface area contributed by atoms with Crippen LogP contribution in [0.2, 0.25) is 0 Å². The van der Waals surface area contributed by atoms with Crippen LogP contribution in [-0.2, 0) is 13.0 Å². The molecule has 2 heterocycles. The number of aromatic nitrogens is 4. The summed E-state index contributed by atoms with van der Waals surface area (Å²) in [4.78, 5) is 18.9. The average molecular weight is 248 g/mol. The molecule has 0 aliphatic carbocycles. The highest BCUT2D eigenvalue weighted by Crippen LogP contribution is 2.13. The van der Waals surface area contributed by atoms with E-state index in [1.54, 1.807) is 17.8 Å². The molecule has 2 aromatic heterocycles. The molecule has 2 aromatic rings. The zero-order valence-electron chi connectivity index (χ0n) is 10.5. The Balaban J connectivity index is 2.44. The maximum Gasteiger partial charge on any atom is 0.254 e. The van der Waals surface area contributed by atoms with Gasteiger partial charge in [-0.15, -0.1) is 0 Å². The average Bonchev–Trinajstić information content (AvgIpc) is 2.82. The topological polar surface area (TPSA) is 83.8 Å². The molecule has 6 nitrogen and oxygen atoms in total. The van der Waals surface area contributed by atoms with Crippen molar-refractivity contribution in [3.8, 4) is 11.4 Å². The zero-order valence-corrected chi connectivity index (χ0v) is 10.5. The Morgan fingerprint density at radius 1 is 1.50 bits per heavy atom. The van der Waals surface area contributed by atoms with Gasteiger partial charge < -0.3 is 10.1 Å². The molecule has 0 fully saturated rings. The van der Waals surface area contributed by atoms with Crippen molar-refractivity contribution >= 4 is 0 Å². The predicted molar refractivity (Wildman–Crippen MR) is 67.3 cm³/mol. The fourth-order valence-electron chi connectivity index (χ4n) is 1.81. The van der Waals surface area contributed by atoms with Crippen LogP contribution in [0.25, 0.3) is 11.4 Å². The summed E-state index contributed by atoms with van der Waals surface area (Å²) in [6, 6.07) is 0. The SMILES string of the molecule is CCn1cc(-c2nc(C)c(CCO)c(=O)[nH]2)cn1. The standard InChI is InChI=1S/C12H16N4O2/c1-3-16-7-9(6-13-16)11-14-8(2)10(4-5-17)12(18)15-11/h6-7,17H,3-5H2,1-2H3,(H,14,15,18). The molecular formula is C12H16N4O2. The molecule has 0 aromatic carbocycles. The highest BCUT2D eigenvalue weighted by molar-refractivity contribution is 5.52. The molecule has 2 rings (SSSR count). The molecule has 0 amide bonds. The van der Waals surface area contributed by atoms with Crippen molar-refractivity contribution in [2.24, 2.45) is 0 Å². The van der Waals surface area contributed by atoms with Gasteiger partial charge in [-0.1, -0.05) is 0 Å². The van der Waals surface area contributed by atoms with Crippen molar-refractivity contribution in [3.05, 3.63) is 34.0 Å². The van der Waals surface area contributed by atoms with Crippen molar-refractivity contribution in [3.63, 3.8) is 0 Å². The van der Waals surface area contributed by atoms with Crippen LogP contribution in [-0.4, -0.2) is 31.5 Å². The first kappa shape index (κ1) is 12.5. The second-order valence-electron chi connectivity index (χ2n) is 4.04.